The minimum absolute atomic E-state index is 0.374. The van der Waals surface area contributed by atoms with Crippen LogP contribution < -0.4 is 19.8 Å². The van der Waals surface area contributed by atoms with Gasteiger partial charge in [0, 0.05) is 18.0 Å². The first-order chi connectivity index (χ1) is 14.7. The molecule has 2 heterocycles. The van der Waals surface area contributed by atoms with E-state index in [0.29, 0.717) is 35.4 Å². The van der Waals surface area contributed by atoms with Crippen LogP contribution in [-0.4, -0.2) is 31.9 Å². The van der Waals surface area contributed by atoms with Crippen molar-refractivity contribution in [3.8, 4) is 28.4 Å². The molecule has 0 unspecified atom stereocenters. The van der Waals surface area contributed by atoms with Crippen LogP contribution in [0.2, 0.25) is 0 Å². The molecule has 2 aliphatic rings. The Kier molecular flexibility index (Phi) is 4.87. The predicted octanol–water partition coefficient (Wildman–Crippen LogP) is 4.57. The van der Waals surface area contributed by atoms with Gasteiger partial charge in [-0.25, -0.2) is 4.79 Å². The molecule has 5 rings (SSSR count). The average molecular weight is 407 g/mol. The maximum atomic E-state index is 12.9. The number of fused-ring (bicyclic) bond motifs is 3. The fraction of sp³-hybridized carbons (Fsp3) is 0.375. The zero-order chi connectivity index (χ0) is 20.7. The molecule has 6 heteroatoms. The van der Waals surface area contributed by atoms with Crippen LogP contribution in [0.25, 0.3) is 22.1 Å². The maximum absolute atomic E-state index is 12.9. The van der Waals surface area contributed by atoms with E-state index in [2.05, 4.69) is 4.90 Å². The number of benzene rings is 2. The minimum atomic E-state index is -0.374. The lowest BCUT2D eigenvalue weighted by atomic mass is 10.0. The van der Waals surface area contributed by atoms with Crippen molar-refractivity contribution >= 4 is 11.0 Å². The number of methoxy groups -OCH3 is 2. The smallest absolute Gasteiger partial charge is 0.344 e. The summed E-state index contributed by atoms with van der Waals surface area (Å²) >= 11 is 0. The van der Waals surface area contributed by atoms with Crippen molar-refractivity contribution < 1.29 is 18.6 Å². The summed E-state index contributed by atoms with van der Waals surface area (Å²) in [6, 6.07) is 11.8. The number of nitrogens with zero attached hydrogens (tertiary/aromatic N) is 1. The fourth-order valence-corrected chi connectivity index (χ4v) is 4.62. The van der Waals surface area contributed by atoms with E-state index in [1.807, 2.05) is 24.3 Å². The summed E-state index contributed by atoms with van der Waals surface area (Å²) in [5, 5.41) is 0.884. The van der Waals surface area contributed by atoms with Gasteiger partial charge in [-0.15, -0.1) is 0 Å². The van der Waals surface area contributed by atoms with E-state index in [1.54, 1.807) is 26.4 Å². The molecule has 30 heavy (non-hydrogen) atoms. The summed E-state index contributed by atoms with van der Waals surface area (Å²) < 4.78 is 22.5. The van der Waals surface area contributed by atoms with Gasteiger partial charge < -0.3 is 18.6 Å². The van der Waals surface area contributed by atoms with Crippen LogP contribution in [0.3, 0.4) is 0 Å². The molecule has 1 aromatic heterocycles. The quantitative estimate of drug-likeness (QED) is 0.591. The Morgan fingerprint density at radius 2 is 1.80 bits per heavy atom. The fourth-order valence-electron chi connectivity index (χ4n) is 4.62. The normalized spacial score (nSPS) is 17.0. The SMILES string of the molecule is COc1ccc(-c2cc3ccc4c(c3oc2=O)CN(C2CCCC2)CO4)cc1OC. The van der Waals surface area contributed by atoms with Crippen molar-refractivity contribution in [1.82, 2.24) is 4.90 Å². The number of hydrogen-bond donors (Lipinski definition) is 0. The standard InChI is InChI=1S/C24H25NO5/c1-27-21-10-7-15(12-22(21)28-2)18-11-16-8-9-20-19(23(16)30-24(18)26)13-25(14-29-20)17-5-3-4-6-17/h7-12,17H,3-6,13-14H2,1-2H3. The van der Waals surface area contributed by atoms with Crippen LogP contribution in [0, 0.1) is 0 Å². The van der Waals surface area contributed by atoms with Crippen LogP contribution in [-0.2, 0) is 6.54 Å². The Morgan fingerprint density at radius 1 is 1.00 bits per heavy atom. The third kappa shape index (κ3) is 3.21. The van der Waals surface area contributed by atoms with E-state index in [-0.39, 0.29) is 5.63 Å². The second kappa shape index (κ2) is 7.69. The van der Waals surface area contributed by atoms with Crippen LogP contribution in [0.1, 0.15) is 31.2 Å². The highest BCUT2D eigenvalue weighted by molar-refractivity contribution is 5.86. The van der Waals surface area contributed by atoms with Gasteiger partial charge in [-0.3, -0.25) is 4.90 Å². The monoisotopic (exact) mass is 407 g/mol. The third-order valence-corrected chi connectivity index (χ3v) is 6.25. The topological polar surface area (TPSA) is 61.1 Å². The highest BCUT2D eigenvalue weighted by Crippen LogP contribution is 2.37. The molecule has 1 saturated carbocycles. The third-order valence-electron chi connectivity index (χ3n) is 6.25. The summed E-state index contributed by atoms with van der Waals surface area (Å²) in [6.07, 6.45) is 4.95. The van der Waals surface area contributed by atoms with Crippen molar-refractivity contribution in [3.63, 3.8) is 0 Å². The zero-order valence-corrected chi connectivity index (χ0v) is 17.3. The zero-order valence-electron chi connectivity index (χ0n) is 17.3. The van der Waals surface area contributed by atoms with Gasteiger partial charge >= 0.3 is 5.63 Å². The van der Waals surface area contributed by atoms with Crippen molar-refractivity contribution in [2.75, 3.05) is 21.0 Å². The van der Waals surface area contributed by atoms with E-state index < -0.39 is 0 Å². The van der Waals surface area contributed by atoms with Gasteiger partial charge in [0.2, 0.25) is 0 Å². The Bertz CT molecular complexity index is 1150. The first-order valence-corrected chi connectivity index (χ1v) is 10.4. The Morgan fingerprint density at radius 3 is 2.57 bits per heavy atom. The van der Waals surface area contributed by atoms with E-state index >= 15 is 0 Å². The van der Waals surface area contributed by atoms with Gasteiger partial charge in [-0.1, -0.05) is 18.9 Å². The molecule has 1 fully saturated rings. The summed E-state index contributed by atoms with van der Waals surface area (Å²) in [5.41, 5.74) is 2.42. The highest BCUT2D eigenvalue weighted by Gasteiger charge is 2.29. The molecule has 2 aromatic carbocycles. The molecule has 0 bridgehead atoms. The molecule has 3 aromatic rings. The Hall–Kier alpha value is -2.99. The largest absolute Gasteiger partial charge is 0.493 e. The molecule has 0 saturated heterocycles. The molecule has 0 spiro atoms. The van der Waals surface area contributed by atoms with Crippen LogP contribution in [0.4, 0.5) is 0 Å². The summed E-state index contributed by atoms with van der Waals surface area (Å²) in [6.45, 7) is 1.34. The Balaban J connectivity index is 1.57. The van der Waals surface area contributed by atoms with Gasteiger partial charge in [0.25, 0.3) is 0 Å². The lowest BCUT2D eigenvalue weighted by Gasteiger charge is -2.33. The molecule has 1 aliphatic heterocycles. The van der Waals surface area contributed by atoms with E-state index in [4.69, 9.17) is 18.6 Å². The summed E-state index contributed by atoms with van der Waals surface area (Å²) in [7, 11) is 3.16. The van der Waals surface area contributed by atoms with Crippen LogP contribution in [0.5, 0.6) is 17.2 Å². The van der Waals surface area contributed by atoms with Gasteiger partial charge in [0.1, 0.15) is 18.1 Å². The van der Waals surface area contributed by atoms with Crippen molar-refractivity contribution in [2.45, 2.75) is 38.3 Å². The number of hydrogen-bond acceptors (Lipinski definition) is 6. The molecule has 0 atom stereocenters. The molecular weight excluding hydrogens is 382 g/mol. The molecule has 0 N–H and O–H groups in total. The van der Waals surface area contributed by atoms with Crippen molar-refractivity contribution in [1.29, 1.82) is 0 Å². The molecular formula is C24H25NO5. The summed E-state index contributed by atoms with van der Waals surface area (Å²) in [5.74, 6) is 1.99. The molecule has 0 amide bonds. The second-order valence-corrected chi connectivity index (χ2v) is 7.94. The highest BCUT2D eigenvalue weighted by atomic mass is 16.5. The van der Waals surface area contributed by atoms with Crippen LogP contribution in [0.15, 0.2) is 45.6 Å². The van der Waals surface area contributed by atoms with Gasteiger partial charge in [0.05, 0.1) is 25.3 Å². The van der Waals surface area contributed by atoms with Crippen LogP contribution >= 0.6 is 0 Å². The molecule has 6 nitrogen and oxygen atoms in total. The average Bonchev–Trinajstić information content (AvgIpc) is 3.33. The molecule has 1 aliphatic carbocycles. The van der Waals surface area contributed by atoms with E-state index in [1.165, 1.54) is 25.7 Å². The van der Waals surface area contributed by atoms with Gasteiger partial charge in [-0.2, -0.15) is 0 Å². The molecule has 0 radical (unpaired) electrons. The van der Waals surface area contributed by atoms with Crippen molar-refractivity contribution in [3.05, 3.63) is 52.4 Å². The van der Waals surface area contributed by atoms with Gasteiger partial charge in [0.15, 0.2) is 11.5 Å². The molecule has 156 valence electrons. The maximum Gasteiger partial charge on any atom is 0.344 e. The predicted molar refractivity (Wildman–Crippen MR) is 114 cm³/mol. The lowest BCUT2D eigenvalue weighted by molar-refractivity contribution is 0.0581. The lowest BCUT2D eigenvalue weighted by Crippen LogP contribution is -2.38. The first-order valence-electron chi connectivity index (χ1n) is 10.4. The first kappa shape index (κ1) is 19.0. The number of rotatable bonds is 4. The summed E-state index contributed by atoms with van der Waals surface area (Å²) in [4.78, 5) is 15.3. The minimum Gasteiger partial charge on any atom is -0.493 e. The van der Waals surface area contributed by atoms with Gasteiger partial charge in [-0.05, 0) is 48.7 Å². The van der Waals surface area contributed by atoms with Crippen molar-refractivity contribution in [2.24, 2.45) is 0 Å². The Labute approximate surface area is 175 Å². The van der Waals surface area contributed by atoms with E-state index in [9.17, 15) is 4.79 Å². The van der Waals surface area contributed by atoms with E-state index in [0.717, 1.165) is 28.8 Å². The number of ether oxygens (including phenoxy) is 3. The second-order valence-electron chi connectivity index (χ2n) is 7.94.